The molecule has 0 unspecified atom stereocenters. The van der Waals surface area contributed by atoms with E-state index in [1.54, 1.807) is 7.05 Å². The van der Waals surface area contributed by atoms with Gasteiger partial charge in [0.25, 0.3) is 10.2 Å². The molecule has 0 atom stereocenters. The molecular formula is C10H23ClN2O2S. The van der Waals surface area contributed by atoms with Gasteiger partial charge in [-0.15, -0.1) is 11.6 Å². The summed E-state index contributed by atoms with van der Waals surface area (Å²) < 4.78 is 26.9. The molecule has 0 saturated carbocycles. The van der Waals surface area contributed by atoms with Crippen LogP contribution < -0.4 is 0 Å². The van der Waals surface area contributed by atoms with E-state index in [0.717, 1.165) is 19.3 Å². The Bertz CT molecular complexity index is 266. The predicted octanol–water partition coefficient (Wildman–Crippen LogP) is 1.91. The average Bonchev–Trinajstić information content (AvgIpc) is 2.25. The van der Waals surface area contributed by atoms with Crippen molar-refractivity contribution in [3.8, 4) is 0 Å². The molecule has 4 nitrogen and oxygen atoms in total. The maximum atomic E-state index is 12.0. The van der Waals surface area contributed by atoms with Crippen LogP contribution in [0.1, 0.15) is 33.1 Å². The lowest BCUT2D eigenvalue weighted by atomic mass is 10.2. The van der Waals surface area contributed by atoms with E-state index in [4.69, 9.17) is 11.6 Å². The van der Waals surface area contributed by atoms with Gasteiger partial charge in [-0.05, 0) is 12.8 Å². The first-order valence-corrected chi connectivity index (χ1v) is 7.71. The average molecular weight is 271 g/mol. The highest BCUT2D eigenvalue weighted by atomic mass is 35.5. The van der Waals surface area contributed by atoms with Crippen molar-refractivity contribution in [1.82, 2.24) is 8.61 Å². The van der Waals surface area contributed by atoms with Gasteiger partial charge in [-0.2, -0.15) is 17.0 Å². The summed E-state index contributed by atoms with van der Waals surface area (Å²) in [6.07, 6.45) is 2.78. The minimum Gasteiger partial charge on any atom is -0.195 e. The third-order valence-electron chi connectivity index (χ3n) is 2.53. The fourth-order valence-electron chi connectivity index (χ4n) is 1.47. The standard InChI is InChI=1S/C10H23ClN2O2S/c1-4-13(5-2)16(14,15)12(3)10-8-6-7-9-11/h4-10H2,1-3H3. The van der Waals surface area contributed by atoms with Gasteiger partial charge in [-0.3, -0.25) is 0 Å². The summed E-state index contributed by atoms with van der Waals surface area (Å²) in [5.74, 6) is 0.645. The quantitative estimate of drug-likeness (QED) is 0.474. The van der Waals surface area contributed by atoms with Gasteiger partial charge < -0.3 is 0 Å². The van der Waals surface area contributed by atoms with Gasteiger partial charge >= 0.3 is 0 Å². The maximum absolute atomic E-state index is 12.0. The highest BCUT2D eigenvalue weighted by molar-refractivity contribution is 7.86. The molecule has 0 radical (unpaired) electrons. The lowest BCUT2D eigenvalue weighted by Crippen LogP contribution is -2.42. The highest BCUT2D eigenvalue weighted by Crippen LogP contribution is 2.08. The third kappa shape index (κ3) is 4.99. The summed E-state index contributed by atoms with van der Waals surface area (Å²) in [5.41, 5.74) is 0. The Kier molecular flexibility index (Phi) is 8.36. The second kappa shape index (κ2) is 8.28. The van der Waals surface area contributed by atoms with Crippen molar-refractivity contribution in [1.29, 1.82) is 0 Å². The molecule has 0 spiro atoms. The Labute approximate surface area is 105 Å². The van der Waals surface area contributed by atoms with Crippen molar-refractivity contribution in [2.75, 3.05) is 32.6 Å². The van der Waals surface area contributed by atoms with Crippen LogP contribution in [-0.4, -0.2) is 49.6 Å². The smallest absolute Gasteiger partial charge is 0.195 e. The predicted molar refractivity (Wildman–Crippen MR) is 69.0 cm³/mol. The molecule has 0 rings (SSSR count). The van der Waals surface area contributed by atoms with Gasteiger partial charge in [0.05, 0.1) is 0 Å². The number of unbranched alkanes of at least 4 members (excludes halogenated alkanes) is 2. The van der Waals surface area contributed by atoms with Crippen molar-refractivity contribution < 1.29 is 8.42 Å². The Morgan fingerprint density at radius 3 is 2.06 bits per heavy atom. The number of alkyl halides is 1. The van der Waals surface area contributed by atoms with Gasteiger partial charge in [0.15, 0.2) is 0 Å². The Morgan fingerprint density at radius 1 is 1.06 bits per heavy atom. The minimum absolute atomic E-state index is 0.519. The van der Waals surface area contributed by atoms with E-state index in [9.17, 15) is 8.42 Å². The molecule has 98 valence electrons. The molecule has 0 aliphatic heterocycles. The molecule has 0 bridgehead atoms. The zero-order chi connectivity index (χ0) is 12.6. The van der Waals surface area contributed by atoms with Crippen molar-refractivity contribution in [3.63, 3.8) is 0 Å². The molecule has 0 fully saturated rings. The normalized spacial score (nSPS) is 12.6. The summed E-state index contributed by atoms with van der Waals surface area (Å²) in [4.78, 5) is 0. The SMILES string of the molecule is CCN(CC)S(=O)(=O)N(C)CCCCCCl. The maximum Gasteiger partial charge on any atom is 0.281 e. The Morgan fingerprint density at radius 2 is 1.62 bits per heavy atom. The number of hydrogen-bond acceptors (Lipinski definition) is 2. The van der Waals surface area contributed by atoms with Crippen molar-refractivity contribution in [2.24, 2.45) is 0 Å². The van der Waals surface area contributed by atoms with Crippen LogP contribution in [-0.2, 0) is 10.2 Å². The van der Waals surface area contributed by atoms with E-state index in [1.165, 1.54) is 8.61 Å². The summed E-state index contributed by atoms with van der Waals surface area (Å²) in [5, 5.41) is 0. The van der Waals surface area contributed by atoms with E-state index in [0.29, 0.717) is 25.5 Å². The second-order valence-corrected chi connectivity index (χ2v) is 6.08. The summed E-state index contributed by atoms with van der Waals surface area (Å²) in [7, 11) is -1.62. The minimum atomic E-state index is -3.25. The van der Waals surface area contributed by atoms with E-state index in [-0.39, 0.29) is 0 Å². The molecular weight excluding hydrogens is 248 g/mol. The molecule has 0 aromatic carbocycles. The van der Waals surface area contributed by atoms with Crippen LogP contribution in [0.2, 0.25) is 0 Å². The van der Waals surface area contributed by atoms with Crippen LogP contribution in [0, 0.1) is 0 Å². The Balaban J connectivity index is 4.19. The molecule has 0 N–H and O–H groups in total. The Hall–Kier alpha value is 0.160. The fourth-order valence-corrected chi connectivity index (χ4v) is 3.06. The second-order valence-electron chi connectivity index (χ2n) is 3.66. The third-order valence-corrected chi connectivity index (χ3v) is 4.94. The van der Waals surface area contributed by atoms with E-state index >= 15 is 0 Å². The lowest BCUT2D eigenvalue weighted by Gasteiger charge is -2.25. The van der Waals surface area contributed by atoms with Crippen LogP contribution in [0.25, 0.3) is 0 Å². The van der Waals surface area contributed by atoms with Gasteiger partial charge in [0.1, 0.15) is 0 Å². The first-order chi connectivity index (χ1) is 7.50. The number of nitrogens with zero attached hydrogens (tertiary/aromatic N) is 2. The van der Waals surface area contributed by atoms with E-state index in [2.05, 4.69) is 0 Å². The van der Waals surface area contributed by atoms with E-state index in [1.807, 2.05) is 13.8 Å². The van der Waals surface area contributed by atoms with Gasteiger partial charge in [-0.1, -0.05) is 20.3 Å². The van der Waals surface area contributed by atoms with Crippen LogP contribution >= 0.6 is 11.6 Å². The highest BCUT2D eigenvalue weighted by Gasteiger charge is 2.23. The van der Waals surface area contributed by atoms with Gasteiger partial charge in [0, 0.05) is 32.6 Å². The molecule has 0 aromatic rings. The number of halogens is 1. The zero-order valence-electron chi connectivity index (χ0n) is 10.4. The molecule has 0 heterocycles. The largest absolute Gasteiger partial charge is 0.281 e. The van der Waals surface area contributed by atoms with Crippen LogP contribution in [0.5, 0.6) is 0 Å². The monoisotopic (exact) mass is 270 g/mol. The van der Waals surface area contributed by atoms with Crippen molar-refractivity contribution in [3.05, 3.63) is 0 Å². The van der Waals surface area contributed by atoms with Crippen molar-refractivity contribution in [2.45, 2.75) is 33.1 Å². The summed E-state index contributed by atoms with van der Waals surface area (Å²) in [6, 6.07) is 0. The lowest BCUT2D eigenvalue weighted by molar-refractivity contribution is 0.373. The summed E-state index contributed by atoms with van der Waals surface area (Å²) in [6.45, 7) is 5.30. The first-order valence-electron chi connectivity index (χ1n) is 5.78. The fraction of sp³-hybridized carbons (Fsp3) is 1.00. The topological polar surface area (TPSA) is 40.6 Å². The molecule has 0 amide bonds. The molecule has 0 aromatic heterocycles. The molecule has 16 heavy (non-hydrogen) atoms. The first kappa shape index (κ1) is 16.2. The molecule has 0 saturated heterocycles. The van der Waals surface area contributed by atoms with Gasteiger partial charge in [-0.25, -0.2) is 0 Å². The van der Waals surface area contributed by atoms with Crippen LogP contribution in [0.4, 0.5) is 0 Å². The van der Waals surface area contributed by atoms with Crippen LogP contribution in [0.15, 0.2) is 0 Å². The molecule has 0 aliphatic rings. The molecule has 0 aliphatic carbocycles. The number of rotatable bonds is 9. The van der Waals surface area contributed by atoms with Crippen molar-refractivity contribution >= 4 is 21.8 Å². The van der Waals surface area contributed by atoms with E-state index < -0.39 is 10.2 Å². The zero-order valence-corrected chi connectivity index (χ0v) is 12.0. The summed E-state index contributed by atoms with van der Waals surface area (Å²) >= 11 is 5.56. The van der Waals surface area contributed by atoms with Gasteiger partial charge in [0.2, 0.25) is 0 Å². The molecule has 6 heteroatoms. The van der Waals surface area contributed by atoms with Crippen LogP contribution in [0.3, 0.4) is 0 Å². The number of hydrogen-bond donors (Lipinski definition) is 0.